The maximum Gasteiger partial charge on any atom is 0.134 e. The lowest BCUT2D eigenvalue weighted by Crippen LogP contribution is -2.10. The molecule has 0 saturated carbocycles. The summed E-state index contributed by atoms with van der Waals surface area (Å²) in [5.74, 6) is 1.53. The van der Waals surface area contributed by atoms with Gasteiger partial charge in [0.15, 0.2) is 0 Å². The second-order valence-electron chi connectivity index (χ2n) is 4.66. The predicted octanol–water partition coefficient (Wildman–Crippen LogP) is 3.89. The van der Waals surface area contributed by atoms with E-state index in [0.717, 1.165) is 26.8 Å². The largest absolute Gasteiger partial charge is 0.459 e. The van der Waals surface area contributed by atoms with Gasteiger partial charge in [0, 0.05) is 15.4 Å². The van der Waals surface area contributed by atoms with Crippen LogP contribution in [0.3, 0.4) is 0 Å². The van der Waals surface area contributed by atoms with Crippen LogP contribution in [0.5, 0.6) is 0 Å². The molecular formula is C14H14BrN3O. The van der Waals surface area contributed by atoms with Gasteiger partial charge in [0.2, 0.25) is 0 Å². The number of anilines is 1. The molecule has 1 aromatic carbocycles. The normalized spacial score (nSPS) is 13.0. The van der Waals surface area contributed by atoms with Crippen molar-refractivity contribution < 1.29 is 4.42 Å². The van der Waals surface area contributed by atoms with E-state index in [1.165, 1.54) is 0 Å². The number of furan rings is 1. The van der Waals surface area contributed by atoms with Crippen molar-refractivity contribution in [2.75, 3.05) is 5.73 Å². The van der Waals surface area contributed by atoms with Gasteiger partial charge in [0.05, 0.1) is 6.20 Å². The second-order valence-corrected chi connectivity index (χ2v) is 5.58. The molecule has 19 heavy (non-hydrogen) atoms. The van der Waals surface area contributed by atoms with Gasteiger partial charge in [0.1, 0.15) is 23.2 Å². The topological polar surface area (TPSA) is 57.0 Å². The minimum absolute atomic E-state index is 0.0279. The first-order valence-electron chi connectivity index (χ1n) is 6.05. The lowest BCUT2D eigenvalue weighted by molar-refractivity contribution is 0.448. The van der Waals surface area contributed by atoms with Gasteiger partial charge in [-0.1, -0.05) is 15.9 Å². The Bertz CT molecular complexity index is 744. The number of aromatic nitrogens is 2. The summed E-state index contributed by atoms with van der Waals surface area (Å²) in [6, 6.07) is 7.95. The molecule has 3 rings (SSSR count). The van der Waals surface area contributed by atoms with Crippen LogP contribution in [0.25, 0.3) is 11.0 Å². The molecule has 2 heterocycles. The molecule has 2 aromatic heterocycles. The van der Waals surface area contributed by atoms with Gasteiger partial charge >= 0.3 is 0 Å². The highest BCUT2D eigenvalue weighted by atomic mass is 79.9. The van der Waals surface area contributed by atoms with Crippen LogP contribution in [0.4, 0.5) is 5.82 Å². The molecule has 0 aliphatic carbocycles. The minimum Gasteiger partial charge on any atom is -0.459 e. The van der Waals surface area contributed by atoms with Crippen LogP contribution in [0, 0.1) is 6.92 Å². The van der Waals surface area contributed by atoms with E-state index < -0.39 is 0 Å². The summed E-state index contributed by atoms with van der Waals surface area (Å²) in [5.41, 5.74) is 7.86. The first-order chi connectivity index (χ1) is 9.06. The van der Waals surface area contributed by atoms with Crippen molar-refractivity contribution in [3.05, 3.63) is 46.3 Å². The van der Waals surface area contributed by atoms with Gasteiger partial charge in [-0.05, 0) is 38.1 Å². The van der Waals surface area contributed by atoms with Crippen LogP contribution in [-0.4, -0.2) is 9.78 Å². The first-order valence-corrected chi connectivity index (χ1v) is 6.84. The zero-order valence-corrected chi connectivity index (χ0v) is 12.3. The molecule has 2 N–H and O–H groups in total. The number of nitrogens with zero attached hydrogens (tertiary/aromatic N) is 2. The molecule has 5 heteroatoms. The fraction of sp³-hybridized carbons (Fsp3) is 0.214. The third-order valence-electron chi connectivity index (χ3n) is 3.30. The second kappa shape index (κ2) is 4.42. The van der Waals surface area contributed by atoms with Crippen molar-refractivity contribution in [1.29, 1.82) is 0 Å². The van der Waals surface area contributed by atoms with Crippen molar-refractivity contribution in [2.24, 2.45) is 0 Å². The Labute approximate surface area is 119 Å². The summed E-state index contributed by atoms with van der Waals surface area (Å²) < 4.78 is 8.68. The number of halogens is 1. The maximum atomic E-state index is 6.01. The molecule has 0 aliphatic rings. The fourth-order valence-corrected chi connectivity index (χ4v) is 2.51. The summed E-state index contributed by atoms with van der Waals surface area (Å²) >= 11 is 3.46. The highest BCUT2D eigenvalue weighted by Gasteiger charge is 2.17. The Hall–Kier alpha value is -1.75. The quantitative estimate of drug-likeness (QED) is 0.779. The zero-order valence-electron chi connectivity index (χ0n) is 10.7. The Kier molecular flexibility index (Phi) is 2.86. The van der Waals surface area contributed by atoms with Crippen LogP contribution >= 0.6 is 15.9 Å². The predicted molar refractivity (Wildman–Crippen MR) is 79.1 cm³/mol. The molecule has 0 saturated heterocycles. The molecule has 0 bridgehead atoms. The zero-order chi connectivity index (χ0) is 13.6. The van der Waals surface area contributed by atoms with Gasteiger partial charge in [-0.2, -0.15) is 5.10 Å². The number of nitrogen functional groups attached to an aromatic ring is 1. The number of aryl methyl sites for hydroxylation is 1. The lowest BCUT2D eigenvalue weighted by atomic mass is 10.2. The molecule has 0 radical (unpaired) electrons. The van der Waals surface area contributed by atoms with E-state index in [-0.39, 0.29) is 6.04 Å². The van der Waals surface area contributed by atoms with Crippen LogP contribution in [0.1, 0.15) is 24.3 Å². The highest BCUT2D eigenvalue weighted by Crippen LogP contribution is 2.29. The molecule has 3 aromatic rings. The van der Waals surface area contributed by atoms with E-state index in [1.807, 2.05) is 38.1 Å². The van der Waals surface area contributed by atoms with Crippen LogP contribution in [0.15, 0.2) is 39.4 Å². The fourth-order valence-electron chi connectivity index (χ4n) is 2.13. The standard InChI is InChI=1S/C14H14BrN3O/c1-8-7-17-18(14(8)16)9(2)13-6-10-5-11(15)3-4-12(10)19-13/h3-7,9H,16H2,1-2H3. The monoisotopic (exact) mass is 319 g/mol. The summed E-state index contributed by atoms with van der Waals surface area (Å²) in [7, 11) is 0. The Morgan fingerprint density at radius 3 is 2.84 bits per heavy atom. The van der Waals surface area contributed by atoms with Crippen molar-refractivity contribution >= 4 is 32.7 Å². The van der Waals surface area contributed by atoms with Crippen LogP contribution in [-0.2, 0) is 0 Å². The number of hydrogen-bond acceptors (Lipinski definition) is 3. The van der Waals surface area contributed by atoms with Gasteiger partial charge in [-0.25, -0.2) is 4.68 Å². The van der Waals surface area contributed by atoms with E-state index in [9.17, 15) is 0 Å². The molecule has 0 spiro atoms. The third kappa shape index (κ3) is 2.04. The Balaban J connectivity index is 2.06. The SMILES string of the molecule is Cc1cnn(C(C)c2cc3cc(Br)ccc3o2)c1N. The summed E-state index contributed by atoms with van der Waals surface area (Å²) in [5, 5.41) is 5.37. The molecular weight excluding hydrogens is 306 g/mol. The summed E-state index contributed by atoms with van der Waals surface area (Å²) in [6.07, 6.45) is 1.77. The maximum absolute atomic E-state index is 6.01. The van der Waals surface area contributed by atoms with Crippen molar-refractivity contribution in [1.82, 2.24) is 9.78 Å². The summed E-state index contributed by atoms with van der Waals surface area (Å²) in [4.78, 5) is 0. The number of fused-ring (bicyclic) bond motifs is 1. The van der Waals surface area contributed by atoms with Gasteiger partial charge in [-0.3, -0.25) is 0 Å². The molecule has 4 nitrogen and oxygen atoms in total. The number of benzene rings is 1. The van der Waals surface area contributed by atoms with E-state index in [4.69, 9.17) is 10.2 Å². The van der Waals surface area contributed by atoms with Crippen molar-refractivity contribution in [3.63, 3.8) is 0 Å². The average Bonchev–Trinajstić information content (AvgIpc) is 2.93. The average molecular weight is 320 g/mol. The first kappa shape index (κ1) is 12.3. The van der Waals surface area contributed by atoms with Crippen molar-refractivity contribution in [3.8, 4) is 0 Å². The Morgan fingerprint density at radius 1 is 1.37 bits per heavy atom. The molecule has 98 valence electrons. The minimum atomic E-state index is -0.0279. The smallest absolute Gasteiger partial charge is 0.134 e. The molecule has 0 aliphatic heterocycles. The van der Waals surface area contributed by atoms with Gasteiger partial charge in [0.25, 0.3) is 0 Å². The molecule has 1 atom stereocenters. The number of nitrogens with two attached hydrogens (primary N) is 1. The van der Waals surface area contributed by atoms with Crippen LogP contribution < -0.4 is 5.73 Å². The van der Waals surface area contributed by atoms with Crippen LogP contribution in [0.2, 0.25) is 0 Å². The third-order valence-corrected chi connectivity index (χ3v) is 3.80. The van der Waals surface area contributed by atoms with Gasteiger partial charge < -0.3 is 10.2 Å². The summed E-state index contributed by atoms with van der Waals surface area (Å²) in [6.45, 7) is 3.97. The van der Waals surface area contributed by atoms with Gasteiger partial charge in [-0.15, -0.1) is 0 Å². The van der Waals surface area contributed by atoms with E-state index in [1.54, 1.807) is 10.9 Å². The number of hydrogen-bond donors (Lipinski definition) is 1. The molecule has 0 amide bonds. The van der Waals surface area contributed by atoms with Crippen molar-refractivity contribution in [2.45, 2.75) is 19.9 Å². The molecule has 1 unspecified atom stereocenters. The molecule has 0 fully saturated rings. The number of rotatable bonds is 2. The van der Waals surface area contributed by atoms with E-state index >= 15 is 0 Å². The highest BCUT2D eigenvalue weighted by molar-refractivity contribution is 9.10. The Morgan fingerprint density at radius 2 is 2.16 bits per heavy atom. The van der Waals surface area contributed by atoms with E-state index in [2.05, 4.69) is 21.0 Å². The lowest BCUT2D eigenvalue weighted by Gasteiger charge is -2.11. The van der Waals surface area contributed by atoms with E-state index in [0.29, 0.717) is 5.82 Å².